The molecule has 3 N–H and O–H groups in total. The Morgan fingerprint density at radius 3 is 2.75 bits per heavy atom. The van der Waals surface area contributed by atoms with Crippen molar-refractivity contribution in [3.05, 3.63) is 52.9 Å². The number of rotatable bonds is 4. The quantitative estimate of drug-likeness (QED) is 0.580. The fourth-order valence-corrected chi connectivity index (χ4v) is 4.49. The SMILES string of the molecule is O[C@@H]1[C@H](O)[C@@H]2C[C@@H]2[C@H]1n1cnc2c(NCc3cc(F)ccc3F)cc(Cl)nc21. The molecule has 5 atom stereocenters. The van der Waals surface area contributed by atoms with E-state index in [2.05, 4.69) is 15.3 Å². The minimum atomic E-state index is -0.889. The molecule has 0 saturated heterocycles. The largest absolute Gasteiger partial charge is 0.390 e. The Morgan fingerprint density at radius 2 is 2.00 bits per heavy atom. The van der Waals surface area contributed by atoms with E-state index in [-0.39, 0.29) is 35.1 Å². The van der Waals surface area contributed by atoms with Crippen LogP contribution in [0.5, 0.6) is 0 Å². The number of aliphatic hydroxyl groups is 2. The number of anilines is 1. The first-order chi connectivity index (χ1) is 13.4. The van der Waals surface area contributed by atoms with E-state index < -0.39 is 23.8 Å². The predicted molar refractivity (Wildman–Crippen MR) is 98.9 cm³/mol. The number of fused-ring (bicyclic) bond motifs is 2. The highest BCUT2D eigenvalue weighted by Crippen LogP contribution is 2.58. The van der Waals surface area contributed by atoms with Gasteiger partial charge in [-0.05, 0) is 36.5 Å². The van der Waals surface area contributed by atoms with E-state index >= 15 is 0 Å². The topological polar surface area (TPSA) is 83.2 Å². The molecule has 0 bridgehead atoms. The Balaban J connectivity index is 1.49. The van der Waals surface area contributed by atoms with Crippen LogP contribution in [0.15, 0.2) is 30.6 Å². The first-order valence-electron chi connectivity index (χ1n) is 9.01. The monoisotopic (exact) mass is 406 g/mol. The molecule has 2 saturated carbocycles. The predicted octanol–water partition coefficient (Wildman–Crippen LogP) is 2.89. The van der Waals surface area contributed by atoms with Gasteiger partial charge in [0.05, 0.1) is 24.2 Å². The number of pyridine rings is 1. The van der Waals surface area contributed by atoms with E-state index in [9.17, 15) is 19.0 Å². The molecule has 1 aromatic carbocycles. The van der Waals surface area contributed by atoms with Crippen LogP contribution in [-0.4, -0.2) is 37.0 Å². The number of nitrogens with zero attached hydrogens (tertiary/aromatic N) is 3. The Hall–Kier alpha value is -2.29. The summed E-state index contributed by atoms with van der Waals surface area (Å²) >= 11 is 6.17. The highest BCUT2D eigenvalue weighted by atomic mass is 35.5. The fourth-order valence-electron chi connectivity index (χ4n) is 4.30. The smallest absolute Gasteiger partial charge is 0.164 e. The number of hydrogen-bond acceptors (Lipinski definition) is 5. The lowest BCUT2D eigenvalue weighted by Crippen LogP contribution is -2.31. The molecule has 5 rings (SSSR count). The van der Waals surface area contributed by atoms with Crippen molar-refractivity contribution in [2.75, 3.05) is 5.32 Å². The molecule has 28 heavy (non-hydrogen) atoms. The summed E-state index contributed by atoms with van der Waals surface area (Å²) in [5.74, 6) is -0.752. The van der Waals surface area contributed by atoms with Gasteiger partial charge in [0.25, 0.3) is 0 Å². The Labute approximate surface area is 163 Å². The van der Waals surface area contributed by atoms with Crippen molar-refractivity contribution in [3.8, 4) is 0 Å². The summed E-state index contributed by atoms with van der Waals surface area (Å²) in [5, 5.41) is 23.7. The van der Waals surface area contributed by atoms with Gasteiger partial charge in [-0.25, -0.2) is 18.7 Å². The standard InChI is InChI=1S/C19H17ClF2N4O2/c20-14-5-13(23-6-8-3-9(21)1-2-12(8)22)15-19(25-14)26(7-24-15)16-10-4-11(10)17(27)18(16)28/h1-3,5,7,10-11,16-18,27-28H,4,6H2,(H,23,25)/t10-,11+,16+,17+,18-/m0/s1. The van der Waals surface area contributed by atoms with Crippen molar-refractivity contribution in [2.45, 2.75) is 31.2 Å². The van der Waals surface area contributed by atoms with Gasteiger partial charge in [0, 0.05) is 18.2 Å². The molecule has 0 unspecified atom stereocenters. The maximum atomic E-state index is 13.9. The lowest BCUT2D eigenvalue weighted by Gasteiger charge is -2.22. The molecule has 3 aromatic rings. The van der Waals surface area contributed by atoms with Gasteiger partial charge < -0.3 is 20.1 Å². The summed E-state index contributed by atoms with van der Waals surface area (Å²) in [6.45, 7) is 0.0430. The number of aromatic nitrogens is 3. The Bertz CT molecular complexity index is 1080. The van der Waals surface area contributed by atoms with Crippen molar-refractivity contribution in [1.82, 2.24) is 14.5 Å². The first kappa shape index (κ1) is 17.8. The second-order valence-electron chi connectivity index (χ2n) is 7.44. The van der Waals surface area contributed by atoms with Gasteiger partial charge in [-0.15, -0.1) is 0 Å². The normalized spacial score (nSPS) is 28.5. The number of imidazole rings is 1. The van der Waals surface area contributed by atoms with Crippen LogP contribution in [0.2, 0.25) is 5.15 Å². The van der Waals surface area contributed by atoms with Crippen molar-refractivity contribution < 1.29 is 19.0 Å². The minimum Gasteiger partial charge on any atom is -0.390 e. The molecule has 0 radical (unpaired) electrons. The van der Waals surface area contributed by atoms with Crippen molar-refractivity contribution in [2.24, 2.45) is 11.8 Å². The zero-order valence-corrected chi connectivity index (χ0v) is 15.3. The molecular weight excluding hydrogens is 390 g/mol. The summed E-state index contributed by atoms with van der Waals surface area (Å²) in [4.78, 5) is 8.73. The molecule has 2 fully saturated rings. The molecule has 2 heterocycles. The van der Waals surface area contributed by atoms with Gasteiger partial charge >= 0.3 is 0 Å². The van der Waals surface area contributed by atoms with Gasteiger partial charge in [0.2, 0.25) is 0 Å². The lowest BCUT2D eigenvalue weighted by atomic mass is 10.1. The van der Waals surface area contributed by atoms with Crippen LogP contribution in [0.1, 0.15) is 18.0 Å². The van der Waals surface area contributed by atoms with Gasteiger partial charge in [-0.3, -0.25) is 0 Å². The number of halogens is 3. The number of aliphatic hydroxyl groups excluding tert-OH is 2. The lowest BCUT2D eigenvalue weighted by molar-refractivity contribution is 0.00386. The molecule has 146 valence electrons. The minimum absolute atomic E-state index is 0.0430. The van der Waals surface area contributed by atoms with E-state index in [0.717, 1.165) is 24.6 Å². The summed E-state index contributed by atoms with van der Waals surface area (Å²) in [6.07, 6.45) is 0.788. The Morgan fingerprint density at radius 1 is 1.18 bits per heavy atom. The van der Waals surface area contributed by atoms with Crippen molar-refractivity contribution in [1.29, 1.82) is 0 Å². The number of nitrogens with one attached hydrogen (secondary N) is 1. The maximum absolute atomic E-state index is 13.9. The summed E-state index contributed by atoms with van der Waals surface area (Å²) in [5.41, 5.74) is 1.68. The van der Waals surface area contributed by atoms with Crippen LogP contribution in [0.25, 0.3) is 11.2 Å². The second kappa shape index (κ2) is 6.37. The molecule has 2 aliphatic carbocycles. The fraction of sp³-hybridized carbons (Fsp3) is 0.368. The van der Waals surface area contributed by atoms with E-state index in [0.29, 0.717) is 16.9 Å². The molecule has 2 aromatic heterocycles. The maximum Gasteiger partial charge on any atom is 0.164 e. The van der Waals surface area contributed by atoms with Gasteiger partial charge in [0.1, 0.15) is 28.4 Å². The van der Waals surface area contributed by atoms with E-state index in [1.165, 1.54) is 0 Å². The van der Waals surface area contributed by atoms with Gasteiger partial charge in [-0.2, -0.15) is 0 Å². The second-order valence-corrected chi connectivity index (χ2v) is 7.83. The molecular formula is C19H17ClF2N4O2. The van der Waals surface area contributed by atoms with Crippen LogP contribution in [0.4, 0.5) is 14.5 Å². The van der Waals surface area contributed by atoms with Crippen LogP contribution in [0.3, 0.4) is 0 Å². The van der Waals surface area contributed by atoms with Crippen molar-refractivity contribution in [3.63, 3.8) is 0 Å². The first-order valence-corrected chi connectivity index (χ1v) is 9.39. The van der Waals surface area contributed by atoms with E-state index in [1.807, 2.05) is 0 Å². The molecule has 9 heteroatoms. The molecule has 2 aliphatic rings. The molecule has 0 amide bonds. The third-order valence-electron chi connectivity index (χ3n) is 5.77. The highest BCUT2D eigenvalue weighted by Gasteiger charge is 2.60. The molecule has 6 nitrogen and oxygen atoms in total. The Kier molecular flexibility index (Phi) is 4.04. The van der Waals surface area contributed by atoms with E-state index in [1.54, 1.807) is 17.0 Å². The van der Waals surface area contributed by atoms with E-state index in [4.69, 9.17) is 11.6 Å². The zero-order chi connectivity index (χ0) is 19.6. The average molecular weight is 407 g/mol. The highest BCUT2D eigenvalue weighted by molar-refractivity contribution is 6.30. The average Bonchev–Trinajstić information content (AvgIpc) is 3.27. The summed E-state index contributed by atoms with van der Waals surface area (Å²) in [6, 6.07) is 4.52. The zero-order valence-electron chi connectivity index (χ0n) is 14.6. The third kappa shape index (κ3) is 2.75. The van der Waals surface area contributed by atoms with Crippen LogP contribution in [-0.2, 0) is 6.54 Å². The van der Waals surface area contributed by atoms with Gasteiger partial charge in [-0.1, -0.05) is 11.6 Å². The third-order valence-corrected chi connectivity index (χ3v) is 5.96. The van der Waals surface area contributed by atoms with Gasteiger partial charge in [0.15, 0.2) is 5.65 Å². The van der Waals surface area contributed by atoms with Crippen LogP contribution < -0.4 is 5.32 Å². The van der Waals surface area contributed by atoms with Crippen LogP contribution in [0, 0.1) is 23.5 Å². The number of benzene rings is 1. The summed E-state index contributed by atoms with van der Waals surface area (Å²) in [7, 11) is 0. The molecule has 0 spiro atoms. The van der Waals surface area contributed by atoms with Crippen molar-refractivity contribution >= 4 is 28.5 Å². The van der Waals surface area contributed by atoms with Crippen LogP contribution >= 0.6 is 11.6 Å². The number of hydrogen-bond donors (Lipinski definition) is 3. The molecule has 0 aliphatic heterocycles. The summed E-state index contributed by atoms with van der Waals surface area (Å²) < 4.78 is 29.0.